The summed E-state index contributed by atoms with van der Waals surface area (Å²) in [6.07, 6.45) is 0. The number of amides is 1. The Morgan fingerprint density at radius 2 is 1.67 bits per heavy atom. The number of hydrazine groups is 1. The van der Waals surface area contributed by atoms with Crippen LogP contribution < -0.4 is 16.2 Å². The maximum absolute atomic E-state index is 12.1. The van der Waals surface area contributed by atoms with Crippen molar-refractivity contribution in [1.29, 1.82) is 0 Å². The van der Waals surface area contributed by atoms with Crippen LogP contribution in [0.3, 0.4) is 0 Å². The minimum Gasteiger partial charge on any atom is -0.383 e. The van der Waals surface area contributed by atoms with Crippen LogP contribution in [0.4, 0.5) is 0 Å². The van der Waals surface area contributed by atoms with Crippen molar-refractivity contribution in [1.82, 2.24) is 16.2 Å². The molecule has 0 aliphatic carbocycles. The van der Waals surface area contributed by atoms with Gasteiger partial charge in [0.25, 0.3) is 5.91 Å². The molecule has 0 aromatic heterocycles. The Kier molecular flexibility index (Phi) is 6.72. The molecule has 2 rings (SSSR count). The molecular formula is C18H21N3O2S. The predicted molar refractivity (Wildman–Crippen MR) is 99.6 cm³/mol. The van der Waals surface area contributed by atoms with Gasteiger partial charge in [-0.25, -0.2) is 0 Å². The lowest BCUT2D eigenvalue weighted by Crippen LogP contribution is -2.49. The number of ether oxygens (including phenoxy) is 1. The number of carbonyl (C=O) groups is 1. The lowest BCUT2D eigenvalue weighted by atomic mass is 10.0. The Morgan fingerprint density at radius 3 is 2.29 bits per heavy atom. The summed E-state index contributed by atoms with van der Waals surface area (Å²) in [5, 5.41) is 3.34. The standard InChI is InChI=1S/C18H21N3O2S/c1-13(12-23-2)19-18(24)21-20-17(22)16-10-8-15(9-11-16)14-6-4-3-5-7-14/h3-11,13H,12H2,1-2H3,(H,20,22)(H2,19,21,24)/t13-/m1/s1. The van der Waals surface area contributed by atoms with E-state index in [0.717, 1.165) is 11.1 Å². The molecule has 2 aromatic carbocycles. The molecule has 2 aromatic rings. The maximum atomic E-state index is 12.1. The fourth-order valence-electron chi connectivity index (χ4n) is 2.18. The van der Waals surface area contributed by atoms with Crippen LogP contribution in [-0.2, 0) is 4.74 Å². The maximum Gasteiger partial charge on any atom is 0.269 e. The Morgan fingerprint density at radius 1 is 1.04 bits per heavy atom. The summed E-state index contributed by atoms with van der Waals surface area (Å²) >= 11 is 5.10. The number of carbonyl (C=O) groups excluding carboxylic acids is 1. The molecule has 0 saturated carbocycles. The van der Waals surface area contributed by atoms with Crippen molar-refractivity contribution in [3.05, 3.63) is 60.2 Å². The predicted octanol–water partition coefficient (Wildman–Crippen LogP) is 2.50. The van der Waals surface area contributed by atoms with Crippen LogP contribution in [0.25, 0.3) is 11.1 Å². The van der Waals surface area contributed by atoms with Crippen LogP contribution in [0.1, 0.15) is 17.3 Å². The van der Waals surface area contributed by atoms with Crippen molar-refractivity contribution >= 4 is 23.2 Å². The van der Waals surface area contributed by atoms with E-state index in [0.29, 0.717) is 17.3 Å². The van der Waals surface area contributed by atoms with Gasteiger partial charge in [-0.05, 0) is 42.4 Å². The van der Waals surface area contributed by atoms with Crippen molar-refractivity contribution in [2.75, 3.05) is 13.7 Å². The summed E-state index contributed by atoms with van der Waals surface area (Å²) in [5.41, 5.74) is 7.98. The van der Waals surface area contributed by atoms with Crippen molar-refractivity contribution in [2.24, 2.45) is 0 Å². The largest absolute Gasteiger partial charge is 0.383 e. The lowest BCUT2D eigenvalue weighted by molar-refractivity contribution is 0.0943. The highest BCUT2D eigenvalue weighted by molar-refractivity contribution is 7.80. The molecule has 6 heteroatoms. The molecular weight excluding hydrogens is 322 g/mol. The Balaban J connectivity index is 1.88. The summed E-state index contributed by atoms with van der Waals surface area (Å²) in [5.74, 6) is -0.252. The number of thiocarbonyl (C=S) groups is 1. The van der Waals surface area contributed by atoms with Crippen LogP contribution in [-0.4, -0.2) is 30.8 Å². The average Bonchev–Trinajstić information content (AvgIpc) is 2.61. The van der Waals surface area contributed by atoms with Crippen LogP contribution in [0.2, 0.25) is 0 Å². The van der Waals surface area contributed by atoms with Crippen LogP contribution in [0.15, 0.2) is 54.6 Å². The minimum absolute atomic E-state index is 0.0528. The van der Waals surface area contributed by atoms with Gasteiger partial charge in [-0.15, -0.1) is 0 Å². The molecule has 0 aliphatic rings. The smallest absolute Gasteiger partial charge is 0.269 e. The van der Waals surface area contributed by atoms with Crippen LogP contribution in [0.5, 0.6) is 0 Å². The van der Waals surface area contributed by atoms with Gasteiger partial charge in [0.1, 0.15) is 0 Å². The van der Waals surface area contributed by atoms with E-state index in [1.807, 2.05) is 49.4 Å². The van der Waals surface area contributed by atoms with E-state index in [-0.39, 0.29) is 11.9 Å². The van der Waals surface area contributed by atoms with Gasteiger partial charge in [0.05, 0.1) is 6.61 Å². The number of nitrogens with one attached hydrogen (secondary N) is 3. The van der Waals surface area contributed by atoms with E-state index in [9.17, 15) is 4.79 Å². The fraction of sp³-hybridized carbons (Fsp3) is 0.222. The highest BCUT2D eigenvalue weighted by Gasteiger charge is 2.07. The zero-order chi connectivity index (χ0) is 17.4. The molecule has 0 saturated heterocycles. The zero-order valence-corrected chi connectivity index (χ0v) is 14.5. The molecule has 3 N–H and O–H groups in total. The lowest BCUT2D eigenvalue weighted by Gasteiger charge is -2.16. The van der Waals surface area contributed by atoms with Gasteiger partial charge in [-0.3, -0.25) is 15.6 Å². The highest BCUT2D eigenvalue weighted by Crippen LogP contribution is 2.19. The molecule has 5 nitrogen and oxygen atoms in total. The van der Waals surface area contributed by atoms with Gasteiger partial charge in [-0.2, -0.15) is 0 Å². The van der Waals surface area contributed by atoms with Crippen LogP contribution in [0, 0.1) is 0 Å². The number of rotatable bonds is 5. The van der Waals surface area contributed by atoms with Crippen molar-refractivity contribution < 1.29 is 9.53 Å². The van der Waals surface area contributed by atoms with Gasteiger partial charge >= 0.3 is 0 Å². The summed E-state index contributed by atoms with van der Waals surface area (Å²) in [6.45, 7) is 2.46. The van der Waals surface area contributed by atoms with E-state index in [1.54, 1.807) is 19.2 Å². The van der Waals surface area contributed by atoms with E-state index in [4.69, 9.17) is 17.0 Å². The molecule has 126 valence electrons. The SMILES string of the molecule is COC[C@@H](C)NC(=S)NNC(=O)c1ccc(-c2ccccc2)cc1. The van der Waals surface area contributed by atoms with E-state index in [2.05, 4.69) is 16.2 Å². The Hall–Kier alpha value is -2.44. The molecule has 0 unspecified atom stereocenters. The molecule has 0 heterocycles. The summed E-state index contributed by atoms with van der Waals surface area (Å²) in [4.78, 5) is 12.1. The molecule has 24 heavy (non-hydrogen) atoms. The second-order valence-electron chi connectivity index (χ2n) is 5.35. The second-order valence-corrected chi connectivity index (χ2v) is 5.76. The minimum atomic E-state index is -0.252. The highest BCUT2D eigenvalue weighted by atomic mass is 32.1. The number of hydrogen-bond donors (Lipinski definition) is 3. The zero-order valence-electron chi connectivity index (χ0n) is 13.7. The Labute approximate surface area is 147 Å². The van der Waals surface area contributed by atoms with E-state index < -0.39 is 0 Å². The molecule has 0 bridgehead atoms. The first-order valence-electron chi connectivity index (χ1n) is 7.61. The van der Waals surface area contributed by atoms with Gasteiger partial charge in [0, 0.05) is 18.7 Å². The Bertz CT molecular complexity index is 674. The molecule has 1 amide bonds. The third-order valence-corrected chi connectivity index (χ3v) is 3.56. The van der Waals surface area contributed by atoms with E-state index in [1.165, 1.54) is 0 Å². The van der Waals surface area contributed by atoms with Gasteiger partial charge in [-0.1, -0.05) is 42.5 Å². The normalized spacial score (nSPS) is 11.4. The number of methoxy groups -OCH3 is 1. The first kappa shape index (κ1) is 17.9. The summed E-state index contributed by atoms with van der Waals surface area (Å²) in [6, 6.07) is 17.5. The molecule has 0 fully saturated rings. The molecule has 0 radical (unpaired) electrons. The van der Waals surface area contributed by atoms with Gasteiger partial charge in [0.15, 0.2) is 5.11 Å². The number of benzene rings is 2. The van der Waals surface area contributed by atoms with Crippen molar-refractivity contribution in [2.45, 2.75) is 13.0 Å². The molecule has 0 aliphatic heterocycles. The third kappa shape index (κ3) is 5.33. The molecule has 0 spiro atoms. The van der Waals surface area contributed by atoms with Crippen molar-refractivity contribution in [3.63, 3.8) is 0 Å². The average molecular weight is 343 g/mol. The van der Waals surface area contributed by atoms with E-state index >= 15 is 0 Å². The topological polar surface area (TPSA) is 62.4 Å². The summed E-state index contributed by atoms with van der Waals surface area (Å²) < 4.78 is 5.01. The first-order chi connectivity index (χ1) is 11.6. The second kappa shape index (κ2) is 9.00. The summed E-state index contributed by atoms with van der Waals surface area (Å²) in [7, 11) is 1.62. The van der Waals surface area contributed by atoms with Gasteiger partial charge < -0.3 is 10.1 Å². The quantitative estimate of drug-likeness (QED) is 0.575. The van der Waals surface area contributed by atoms with Gasteiger partial charge in [0.2, 0.25) is 0 Å². The third-order valence-electron chi connectivity index (χ3n) is 3.34. The first-order valence-corrected chi connectivity index (χ1v) is 8.02. The van der Waals surface area contributed by atoms with Crippen LogP contribution >= 0.6 is 12.2 Å². The molecule has 1 atom stereocenters. The number of hydrogen-bond acceptors (Lipinski definition) is 3. The fourth-order valence-corrected chi connectivity index (χ4v) is 2.43. The van der Waals surface area contributed by atoms with Crippen molar-refractivity contribution in [3.8, 4) is 11.1 Å². The monoisotopic (exact) mass is 343 g/mol.